The number of nitrogens with one attached hydrogen (secondary N) is 2. The number of sulfonamides is 1. The number of primary amides is 1. The SMILES string of the molecule is CCNCOc1cccc(Oc2cccc(C[C@@H](C(=O)N[C@@H](CC=O)C(N)=O)N3CCCS3(=O)=O)c2)c1. The molecule has 1 aliphatic heterocycles. The molecule has 1 heterocycles. The Labute approximate surface area is 216 Å². The lowest BCUT2D eigenvalue weighted by Crippen LogP contribution is -2.54. The summed E-state index contributed by atoms with van der Waals surface area (Å²) in [5.74, 6) is 0.00889. The largest absolute Gasteiger partial charge is 0.478 e. The summed E-state index contributed by atoms with van der Waals surface area (Å²) in [5.41, 5.74) is 5.94. The molecule has 0 bridgehead atoms. The lowest BCUT2D eigenvalue weighted by Gasteiger charge is -2.27. The van der Waals surface area contributed by atoms with Crippen LogP contribution in [0.25, 0.3) is 0 Å². The van der Waals surface area contributed by atoms with Gasteiger partial charge in [0, 0.05) is 19.0 Å². The van der Waals surface area contributed by atoms with Crippen molar-refractivity contribution >= 4 is 28.1 Å². The molecular formula is C25H32N4O7S. The van der Waals surface area contributed by atoms with Gasteiger partial charge in [-0.05, 0) is 49.2 Å². The highest BCUT2D eigenvalue weighted by atomic mass is 32.2. The lowest BCUT2D eigenvalue weighted by atomic mass is 10.0. The van der Waals surface area contributed by atoms with Crippen LogP contribution in [0.4, 0.5) is 0 Å². The van der Waals surface area contributed by atoms with E-state index in [0.29, 0.717) is 42.2 Å². The first-order valence-corrected chi connectivity index (χ1v) is 13.6. The van der Waals surface area contributed by atoms with Crippen LogP contribution in [0.5, 0.6) is 17.2 Å². The summed E-state index contributed by atoms with van der Waals surface area (Å²) >= 11 is 0. The minimum atomic E-state index is -3.66. The molecule has 0 radical (unpaired) electrons. The zero-order valence-corrected chi connectivity index (χ0v) is 21.4. The quantitative estimate of drug-likeness (QED) is 0.184. The van der Waals surface area contributed by atoms with E-state index in [9.17, 15) is 22.8 Å². The van der Waals surface area contributed by atoms with Gasteiger partial charge in [-0.3, -0.25) is 14.9 Å². The predicted molar refractivity (Wildman–Crippen MR) is 137 cm³/mol. The summed E-state index contributed by atoms with van der Waals surface area (Å²) in [6, 6.07) is 11.7. The second kappa shape index (κ2) is 13.2. The van der Waals surface area contributed by atoms with Gasteiger partial charge in [-0.15, -0.1) is 0 Å². The Morgan fingerprint density at radius 1 is 1.14 bits per heavy atom. The molecule has 0 aromatic heterocycles. The molecule has 1 saturated heterocycles. The Kier molecular flexibility index (Phi) is 10.0. The van der Waals surface area contributed by atoms with Gasteiger partial charge in [-0.2, -0.15) is 4.31 Å². The first-order chi connectivity index (χ1) is 17.7. The number of amides is 2. The highest BCUT2D eigenvalue weighted by Crippen LogP contribution is 2.27. The number of ether oxygens (including phenoxy) is 2. The van der Waals surface area contributed by atoms with Crippen molar-refractivity contribution < 1.29 is 32.3 Å². The molecule has 200 valence electrons. The number of nitrogens with two attached hydrogens (primary N) is 1. The van der Waals surface area contributed by atoms with Crippen LogP contribution in [0.1, 0.15) is 25.3 Å². The Hall–Kier alpha value is -3.48. The monoisotopic (exact) mass is 532 g/mol. The molecule has 1 aliphatic rings. The smallest absolute Gasteiger partial charge is 0.240 e. The summed E-state index contributed by atoms with van der Waals surface area (Å²) in [6.45, 7) is 3.29. The van der Waals surface area contributed by atoms with Gasteiger partial charge in [0.05, 0.1) is 5.75 Å². The first-order valence-electron chi connectivity index (χ1n) is 12.0. The van der Waals surface area contributed by atoms with E-state index in [4.69, 9.17) is 15.2 Å². The lowest BCUT2D eigenvalue weighted by molar-refractivity contribution is -0.130. The molecule has 2 amide bonds. The molecule has 3 rings (SSSR count). The second-order valence-corrected chi connectivity index (χ2v) is 10.5. The number of hydrogen-bond acceptors (Lipinski definition) is 8. The van der Waals surface area contributed by atoms with Crippen LogP contribution < -0.4 is 25.8 Å². The molecule has 11 nitrogen and oxygen atoms in total. The Morgan fingerprint density at radius 2 is 1.84 bits per heavy atom. The van der Waals surface area contributed by atoms with Crippen molar-refractivity contribution in [2.75, 3.05) is 25.6 Å². The van der Waals surface area contributed by atoms with Gasteiger partial charge >= 0.3 is 0 Å². The van der Waals surface area contributed by atoms with Crippen molar-refractivity contribution in [3.63, 3.8) is 0 Å². The Morgan fingerprint density at radius 3 is 2.49 bits per heavy atom. The molecule has 2 aromatic rings. The van der Waals surface area contributed by atoms with E-state index in [0.717, 1.165) is 10.8 Å². The van der Waals surface area contributed by atoms with E-state index >= 15 is 0 Å². The van der Waals surface area contributed by atoms with Gasteiger partial charge in [0.25, 0.3) is 0 Å². The van der Waals surface area contributed by atoms with Crippen molar-refractivity contribution in [2.24, 2.45) is 5.73 Å². The molecule has 37 heavy (non-hydrogen) atoms. The molecule has 0 spiro atoms. The summed E-state index contributed by atoms with van der Waals surface area (Å²) in [6.07, 6.45) is 0.579. The standard InChI is InChI=1S/C25H32N4O7S/c1-2-27-17-35-19-7-4-9-21(16-19)36-20-8-3-6-18(14-20)15-23(29-11-5-13-37(29,33)34)25(32)28-22(10-12-30)24(26)31/h3-4,6-9,12,14,16,22-23,27H,2,5,10-11,13,15,17H2,1H3,(H2,26,31)(H,28,32)/t22-,23-/m0/s1. The first kappa shape index (κ1) is 28.1. The number of carbonyl (C=O) groups excluding carboxylic acids is 3. The molecule has 4 N–H and O–H groups in total. The van der Waals surface area contributed by atoms with Gasteiger partial charge in [-0.1, -0.05) is 25.1 Å². The van der Waals surface area contributed by atoms with Crippen molar-refractivity contribution in [3.05, 3.63) is 54.1 Å². The Bertz CT molecular complexity index is 1210. The molecule has 0 aliphatic carbocycles. The topological polar surface area (TPSA) is 157 Å². The highest BCUT2D eigenvalue weighted by molar-refractivity contribution is 7.89. The average Bonchev–Trinajstić information content (AvgIpc) is 3.21. The predicted octanol–water partition coefficient (Wildman–Crippen LogP) is 0.930. The Balaban J connectivity index is 1.79. The molecule has 0 unspecified atom stereocenters. The van der Waals surface area contributed by atoms with Crippen molar-refractivity contribution in [1.29, 1.82) is 0 Å². The van der Waals surface area contributed by atoms with Crippen LogP contribution >= 0.6 is 0 Å². The van der Waals surface area contributed by atoms with E-state index in [-0.39, 0.29) is 25.1 Å². The molecule has 12 heteroatoms. The minimum absolute atomic E-state index is 0.0284. The van der Waals surface area contributed by atoms with Gasteiger partial charge < -0.3 is 25.3 Å². The van der Waals surface area contributed by atoms with Crippen molar-refractivity contribution in [2.45, 2.75) is 38.3 Å². The van der Waals surface area contributed by atoms with Gasteiger partial charge in [0.2, 0.25) is 21.8 Å². The number of aldehydes is 1. The minimum Gasteiger partial charge on any atom is -0.478 e. The molecule has 1 fully saturated rings. The molecular weight excluding hydrogens is 500 g/mol. The summed E-state index contributed by atoms with van der Waals surface area (Å²) < 4.78 is 38.0. The fourth-order valence-corrected chi connectivity index (χ4v) is 5.60. The summed E-state index contributed by atoms with van der Waals surface area (Å²) in [7, 11) is -3.66. The zero-order valence-electron chi connectivity index (χ0n) is 20.6. The third-order valence-corrected chi connectivity index (χ3v) is 7.70. The average molecular weight is 533 g/mol. The van der Waals surface area contributed by atoms with Crippen LogP contribution in [0.3, 0.4) is 0 Å². The maximum Gasteiger partial charge on any atom is 0.240 e. The van der Waals surface area contributed by atoms with Crippen LogP contribution in [-0.2, 0) is 30.8 Å². The van der Waals surface area contributed by atoms with Gasteiger partial charge in [0.15, 0.2) is 0 Å². The fraction of sp³-hybridized carbons (Fsp3) is 0.400. The fourth-order valence-electron chi connectivity index (χ4n) is 3.90. The number of benzene rings is 2. The maximum atomic E-state index is 13.1. The number of nitrogens with zero attached hydrogens (tertiary/aromatic N) is 1. The van der Waals surface area contributed by atoms with Crippen molar-refractivity contribution in [3.8, 4) is 17.2 Å². The van der Waals surface area contributed by atoms with Gasteiger partial charge in [0.1, 0.15) is 42.3 Å². The normalized spacial score (nSPS) is 16.5. The number of carbonyl (C=O) groups is 3. The molecule has 2 atom stereocenters. The third kappa shape index (κ3) is 8.00. The van der Waals surface area contributed by atoms with E-state index < -0.39 is 33.9 Å². The highest BCUT2D eigenvalue weighted by Gasteiger charge is 2.39. The van der Waals surface area contributed by atoms with Crippen LogP contribution in [0, 0.1) is 0 Å². The maximum absolute atomic E-state index is 13.1. The summed E-state index contributed by atoms with van der Waals surface area (Å²) in [4.78, 5) is 35.7. The van der Waals surface area contributed by atoms with E-state index in [1.807, 2.05) is 13.0 Å². The molecule has 2 aromatic carbocycles. The number of rotatable bonds is 14. The number of hydrogen-bond donors (Lipinski definition) is 3. The van der Waals surface area contributed by atoms with E-state index in [1.54, 1.807) is 42.5 Å². The molecule has 0 saturated carbocycles. The van der Waals surface area contributed by atoms with Gasteiger partial charge in [-0.25, -0.2) is 8.42 Å². The van der Waals surface area contributed by atoms with Crippen molar-refractivity contribution in [1.82, 2.24) is 14.9 Å². The van der Waals surface area contributed by atoms with E-state index in [2.05, 4.69) is 10.6 Å². The van der Waals surface area contributed by atoms with E-state index in [1.165, 1.54) is 0 Å². The summed E-state index contributed by atoms with van der Waals surface area (Å²) in [5, 5.41) is 5.50. The zero-order chi connectivity index (χ0) is 26.8. The third-order valence-electron chi connectivity index (χ3n) is 5.74. The van der Waals surface area contributed by atoms with Crippen LogP contribution in [0.2, 0.25) is 0 Å². The second-order valence-electron chi connectivity index (χ2n) is 8.48. The van der Waals surface area contributed by atoms with Crippen LogP contribution in [-0.4, -0.2) is 68.5 Å². The van der Waals surface area contributed by atoms with Crippen LogP contribution in [0.15, 0.2) is 48.5 Å².